The molecule has 0 saturated carbocycles. The Morgan fingerprint density at radius 1 is 0.800 bits per heavy atom. The monoisotopic (exact) mass is 333 g/mol. The van der Waals surface area contributed by atoms with Crippen molar-refractivity contribution in [3.63, 3.8) is 0 Å². The van der Waals surface area contributed by atoms with Crippen LogP contribution in [0.4, 0.5) is 0 Å². The van der Waals surface area contributed by atoms with E-state index in [2.05, 4.69) is 28.2 Å². The molecule has 0 N–H and O–H groups in total. The third kappa shape index (κ3) is 1.96. The molecule has 3 rings (SSSR count). The molecule has 3 heteroatoms. The maximum Gasteiger partial charge on any atom is 0.0795 e. The first-order valence-corrected chi connectivity index (χ1v) is 4.53. The van der Waals surface area contributed by atoms with Gasteiger partial charge in [0.05, 0.1) is 11.0 Å². The molecule has 0 atom stereocenters. The molecule has 1 radical (unpaired) electrons. The molecule has 0 fully saturated rings. The fraction of sp³-hybridized carbons (Fsp3) is 0. The molecule has 0 saturated heterocycles. The zero-order valence-electron chi connectivity index (χ0n) is 7.89. The molecular formula is C12H8EuN2. The van der Waals surface area contributed by atoms with Crippen LogP contribution in [-0.4, -0.2) is 9.97 Å². The van der Waals surface area contributed by atoms with Crippen molar-refractivity contribution in [1.82, 2.24) is 9.97 Å². The molecular weight excluding hydrogens is 324 g/mol. The van der Waals surface area contributed by atoms with Crippen LogP contribution < -0.4 is 0 Å². The summed E-state index contributed by atoms with van der Waals surface area (Å²) in [7, 11) is 0. The number of pyridine rings is 2. The number of rotatable bonds is 0. The second-order valence-electron chi connectivity index (χ2n) is 3.21. The van der Waals surface area contributed by atoms with E-state index in [9.17, 15) is 0 Å². The van der Waals surface area contributed by atoms with E-state index >= 15 is 0 Å². The maximum absolute atomic E-state index is 4.37. The van der Waals surface area contributed by atoms with Gasteiger partial charge in [-0.25, -0.2) is 0 Å². The molecule has 0 spiro atoms. The van der Waals surface area contributed by atoms with Gasteiger partial charge in [0.25, 0.3) is 0 Å². The fourth-order valence-electron chi connectivity index (χ4n) is 1.70. The average molecular weight is 332 g/mol. The molecule has 0 aliphatic carbocycles. The van der Waals surface area contributed by atoms with Crippen molar-refractivity contribution in [2.45, 2.75) is 0 Å². The summed E-state index contributed by atoms with van der Waals surface area (Å²) in [5.74, 6) is 0. The van der Waals surface area contributed by atoms with Gasteiger partial charge in [0, 0.05) is 72.5 Å². The van der Waals surface area contributed by atoms with Gasteiger partial charge >= 0.3 is 0 Å². The second kappa shape index (κ2) is 4.64. The summed E-state index contributed by atoms with van der Waals surface area (Å²) >= 11 is 0. The van der Waals surface area contributed by atoms with Gasteiger partial charge in [-0.3, -0.25) is 9.97 Å². The van der Waals surface area contributed by atoms with Crippen LogP contribution in [0.3, 0.4) is 0 Å². The van der Waals surface area contributed by atoms with E-state index in [1.165, 1.54) is 0 Å². The van der Waals surface area contributed by atoms with E-state index in [1.807, 2.05) is 24.4 Å². The quantitative estimate of drug-likeness (QED) is 0.592. The summed E-state index contributed by atoms with van der Waals surface area (Å²) in [6.07, 6.45) is 3.62. The molecule has 1 aromatic carbocycles. The molecule has 0 bridgehead atoms. The second-order valence-corrected chi connectivity index (χ2v) is 3.21. The van der Waals surface area contributed by atoms with Gasteiger partial charge in [-0.05, 0) is 24.3 Å². The Labute approximate surface area is 128 Å². The van der Waals surface area contributed by atoms with Gasteiger partial charge < -0.3 is 0 Å². The van der Waals surface area contributed by atoms with Crippen LogP contribution in [0.25, 0.3) is 21.8 Å². The molecule has 0 unspecified atom stereocenters. The average Bonchev–Trinajstić information content (AvgIpc) is 2.29. The number of fused-ring (bicyclic) bond motifs is 3. The summed E-state index contributed by atoms with van der Waals surface area (Å²) in [5, 5.41) is 2.28. The third-order valence-electron chi connectivity index (χ3n) is 2.35. The van der Waals surface area contributed by atoms with Gasteiger partial charge in [0.1, 0.15) is 0 Å². The molecule has 0 aliphatic heterocycles. The van der Waals surface area contributed by atoms with Gasteiger partial charge in [0.2, 0.25) is 0 Å². The zero-order chi connectivity index (χ0) is 9.38. The Morgan fingerprint density at radius 2 is 1.60 bits per heavy atom. The summed E-state index contributed by atoms with van der Waals surface area (Å²) in [6, 6.07) is 12.1. The van der Waals surface area contributed by atoms with Crippen LogP contribution in [-0.2, 0) is 0 Å². The maximum atomic E-state index is 4.37. The minimum Gasteiger partial charge on any atom is -0.256 e. The van der Waals surface area contributed by atoms with Gasteiger partial charge in [-0.1, -0.05) is 12.1 Å². The van der Waals surface area contributed by atoms with Crippen molar-refractivity contribution in [3.05, 3.63) is 48.8 Å². The van der Waals surface area contributed by atoms with Gasteiger partial charge in [-0.15, -0.1) is 0 Å². The van der Waals surface area contributed by atoms with E-state index < -0.39 is 0 Å². The molecule has 2 nitrogen and oxygen atoms in total. The van der Waals surface area contributed by atoms with E-state index in [0.29, 0.717) is 0 Å². The first-order chi connectivity index (χ1) is 6.95. The normalized spacial score (nSPS) is 10.1. The minimum absolute atomic E-state index is 0. The summed E-state index contributed by atoms with van der Waals surface area (Å²) in [4.78, 5) is 8.66. The number of benzene rings is 1. The van der Waals surface area contributed by atoms with Crippen molar-refractivity contribution >= 4 is 21.8 Å². The Hall–Kier alpha value is -0.376. The molecule has 15 heavy (non-hydrogen) atoms. The fourth-order valence-corrected chi connectivity index (χ4v) is 1.70. The first kappa shape index (κ1) is 11.1. The van der Waals surface area contributed by atoms with Crippen molar-refractivity contribution in [1.29, 1.82) is 0 Å². The van der Waals surface area contributed by atoms with Crippen molar-refractivity contribution < 1.29 is 49.4 Å². The predicted molar refractivity (Wildman–Crippen MR) is 57.0 cm³/mol. The van der Waals surface area contributed by atoms with Gasteiger partial charge in [-0.2, -0.15) is 0 Å². The number of hydrogen-bond donors (Lipinski definition) is 0. The van der Waals surface area contributed by atoms with Crippen LogP contribution in [0.15, 0.2) is 48.8 Å². The van der Waals surface area contributed by atoms with Gasteiger partial charge in [0.15, 0.2) is 0 Å². The van der Waals surface area contributed by atoms with E-state index in [0.717, 1.165) is 21.8 Å². The summed E-state index contributed by atoms with van der Waals surface area (Å²) in [6.45, 7) is 0. The smallest absolute Gasteiger partial charge is 0.0795 e. The number of hydrogen-bond acceptors (Lipinski definition) is 2. The van der Waals surface area contributed by atoms with Crippen LogP contribution in [0.1, 0.15) is 0 Å². The Balaban J connectivity index is 0.000000853. The van der Waals surface area contributed by atoms with Crippen LogP contribution >= 0.6 is 0 Å². The molecule has 2 aromatic heterocycles. The van der Waals surface area contributed by atoms with E-state index in [1.54, 1.807) is 6.20 Å². The van der Waals surface area contributed by atoms with Crippen molar-refractivity contribution in [2.24, 2.45) is 0 Å². The third-order valence-corrected chi connectivity index (χ3v) is 2.35. The SMILES string of the molecule is [Eu].c1cnc2c(c1)ccc1ncccc12. The molecule has 2 heterocycles. The Bertz CT molecular complexity index is 553. The summed E-state index contributed by atoms with van der Waals surface area (Å²) in [5.41, 5.74) is 2.02. The first-order valence-electron chi connectivity index (χ1n) is 4.53. The predicted octanol–water partition coefficient (Wildman–Crippen LogP) is 2.78. The summed E-state index contributed by atoms with van der Waals surface area (Å²) < 4.78 is 0. The largest absolute Gasteiger partial charge is 0.256 e. The molecule has 0 amide bonds. The number of aromatic nitrogens is 2. The van der Waals surface area contributed by atoms with E-state index in [-0.39, 0.29) is 49.4 Å². The molecule has 0 aliphatic rings. The minimum atomic E-state index is 0. The molecule has 3 aromatic rings. The van der Waals surface area contributed by atoms with Crippen LogP contribution in [0.2, 0.25) is 0 Å². The Morgan fingerprint density at radius 3 is 2.53 bits per heavy atom. The van der Waals surface area contributed by atoms with Crippen LogP contribution in [0, 0.1) is 49.4 Å². The van der Waals surface area contributed by atoms with Crippen molar-refractivity contribution in [2.75, 3.05) is 0 Å². The van der Waals surface area contributed by atoms with Crippen molar-refractivity contribution in [3.8, 4) is 0 Å². The van der Waals surface area contributed by atoms with Crippen LogP contribution in [0.5, 0.6) is 0 Å². The zero-order valence-corrected chi connectivity index (χ0v) is 10.3. The topological polar surface area (TPSA) is 25.8 Å². The Kier molecular flexibility index (Phi) is 3.44. The number of nitrogens with zero attached hydrogens (tertiary/aromatic N) is 2. The molecule has 73 valence electrons. The standard InChI is InChI=1S/C12H8N2.Eu/c1-3-9-5-6-11-10(4-2-7-13-11)12(9)14-8-1;/h1-8H;. The van der Waals surface area contributed by atoms with E-state index in [4.69, 9.17) is 0 Å².